The molecule has 2 N–H and O–H groups in total. The number of carbonyl (C=O) groups is 2. The van der Waals surface area contributed by atoms with Gasteiger partial charge in [0.2, 0.25) is 5.91 Å². The highest BCUT2D eigenvalue weighted by molar-refractivity contribution is 8.00. The van der Waals surface area contributed by atoms with Gasteiger partial charge in [-0.2, -0.15) is 0 Å². The number of furan rings is 1. The van der Waals surface area contributed by atoms with E-state index in [2.05, 4.69) is 15.5 Å². The van der Waals surface area contributed by atoms with E-state index >= 15 is 0 Å². The van der Waals surface area contributed by atoms with Gasteiger partial charge in [0.05, 0.1) is 23.7 Å². The van der Waals surface area contributed by atoms with E-state index in [1.807, 2.05) is 18.2 Å². The first kappa shape index (κ1) is 17.2. The van der Waals surface area contributed by atoms with Crippen LogP contribution in [0.1, 0.15) is 35.0 Å². The average Bonchev–Trinajstić information content (AvgIpc) is 3.35. The second-order valence-corrected chi connectivity index (χ2v) is 7.55. The lowest BCUT2D eigenvalue weighted by molar-refractivity contribution is -0.113. The quantitative estimate of drug-likeness (QED) is 0.845. The number of rotatable bonds is 5. The first-order valence-electron chi connectivity index (χ1n) is 8.83. The summed E-state index contributed by atoms with van der Waals surface area (Å²) >= 11 is 1.49. The van der Waals surface area contributed by atoms with Crippen molar-refractivity contribution in [3.8, 4) is 0 Å². The molecular formula is C19H21N3O3S. The first-order chi connectivity index (χ1) is 12.7. The van der Waals surface area contributed by atoms with Crippen LogP contribution in [-0.2, 0) is 4.79 Å². The fourth-order valence-electron chi connectivity index (χ4n) is 3.46. The van der Waals surface area contributed by atoms with Crippen molar-refractivity contribution in [2.24, 2.45) is 0 Å². The number of benzene rings is 1. The van der Waals surface area contributed by atoms with Crippen LogP contribution in [-0.4, -0.2) is 42.1 Å². The molecule has 1 fully saturated rings. The summed E-state index contributed by atoms with van der Waals surface area (Å²) in [7, 11) is 0. The molecule has 0 bridgehead atoms. The van der Waals surface area contributed by atoms with Crippen molar-refractivity contribution in [3.05, 3.63) is 47.9 Å². The van der Waals surface area contributed by atoms with Gasteiger partial charge in [0, 0.05) is 17.0 Å². The molecule has 0 radical (unpaired) electrons. The molecule has 2 aliphatic heterocycles. The lowest BCUT2D eigenvalue weighted by Gasteiger charge is -2.26. The summed E-state index contributed by atoms with van der Waals surface area (Å²) in [6, 6.07) is 9.32. The zero-order valence-corrected chi connectivity index (χ0v) is 15.2. The maximum atomic E-state index is 12.6. The van der Waals surface area contributed by atoms with E-state index < -0.39 is 0 Å². The van der Waals surface area contributed by atoms with Gasteiger partial charge in [-0.25, -0.2) is 0 Å². The molecular weight excluding hydrogens is 350 g/mol. The Morgan fingerprint density at radius 3 is 2.92 bits per heavy atom. The Morgan fingerprint density at radius 1 is 1.31 bits per heavy atom. The SMILES string of the molecule is O=C1CSc2ccc(C(=O)NC[C@@H](c3ccco3)N3CCCC3)cc2N1. The Morgan fingerprint density at radius 2 is 2.15 bits per heavy atom. The predicted octanol–water partition coefficient (Wildman–Crippen LogP) is 2.89. The number of nitrogens with one attached hydrogen (secondary N) is 2. The summed E-state index contributed by atoms with van der Waals surface area (Å²) in [6.45, 7) is 2.53. The minimum atomic E-state index is -0.145. The van der Waals surface area contributed by atoms with Gasteiger partial charge < -0.3 is 15.1 Å². The van der Waals surface area contributed by atoms with Crippen molar-refractivity contribution < 1.29 is 14.0 Å². The molecule has 4 rings (SSSR count). The number of hydrogen-bond donors (Lipinski definition) is 2. The van der Waals surface area contributed by atoms with Crippen molar-refractivity contribution in [3.63, 3.8) is 0 Å². The molecule has 6 nitrogen and oxygen atoms in total. The molecule has 0 spiro atoms. The number of hydrogen-bond acceptors (Lipinski definition) is 5. The van der Waals surface area contributed by atoms with E-state index in [-0.39, 0.29) is 17.9 Å². The zero-order chi connectivity index (χ0) is 17.9. The Bertz CT molecular complexity index is 800. The minimum absolute atomic E-state index is 0.0352. The van der Waals surface area contributed by atoms with Gasteiger partial charge in [-0.15, -0.1) is 11.8 Å². The van der Waals surface area contributed by atoms with Crippen LogP contribution in [0.4, 0.5) is 5.69 Å². The zero-order valence-electron chi connectivity index (χ0n) is 14.4. The van der Waals surface area contributed by atoms with Crippen molar-refractivity contribution >= 4 is 29.3 Å². The number of fused-ring (bicyclic) bond motifs is 1. The molecule has 1 aromatic heterocycles. The summed E-state index contributed by atoms with van der Waals surface area (Å²) in [4.78, 5) is 27.5. The van der Waals surface area contributed by atoms with E-state index in [0.29, 0.717) is 23.5 Å². The standard InChI is InChI=1S/C19H21N3O3S/c23-18-12-26-17-6-5-13(10-14(17)21-18)19(24)20-11-15(16-4-3-9-25-16)22-7-1-2-8-22/h3-6,9-10,15H,1-2,7-8,11-12H2,(H,20,24)(H,21,23)/t15-/m0/s1. The third kappa shape index (κ3) is 3.64. The molecule has 1 atom stereocenters. The summed E-state index contributed by atoms with van der Waals surface area (Å²) in [5.74, 6) is 1.11. The van der Waals surface area contributed by atoms with Crippen molar-refractivity contribution in [2.75, 3.05) is 30.7 Å². The Kier molecular flexibility index (Phi) is 4.99. The molecule has 0 unspecified atom stereocenters. The fourth-order valence-corrected chi connectivity index (χ4v) is 4.25. The topological polar surface area (TPSA) is 74.6 Å². The van der Waals surface area contributed by atoms with Crippen LogP contribution in [0.2, 0.25) is 0 Å². The maximum absolute atomic E-state index is 12.6. The molecule has 3 heterocycles. The van der Waals surface area contributed by atoms with Crippen molar-refractivity contribution in [1.82, 2.24) is 10.2 Å². The third-order valence-electron chi connectivity index (χ3n) is 4.78. The predicted molar refractivity (Wildman–Crippen MR) is 100 cm³/mol. The van der Waals surface area contributed by atoms with Crippen LogP contribution < -0.4 is 10.6 Å². The number of carbonyl (C=O) groups excluding carboxylic acids is 2. The molecule has 2 aromatic rings. The number of thioether (sulfide) groups is 1. The van der Waals surface area contributed by atoms with Crippen LogP contribution in [0.15, 0.2) is 45.9 Å². The largest absolute Gasteiger partial charge is 0.468 e. The number of amides is 2. The van der Waals surface area contributed by atoms with Crippen LogP contribution >= 0.6 is 11.8 Å². The van der Waals surface area contributed by atoms with Gasteiger partial charge in [0.1, 0.15) is 5.76 Å². The highest BCUT2D eigenvalue weighted by Gasteiger charge is 2.26. The van der Waals surface area contributed by atoms with E-state index in [0.717, 1.165) is 23.7 Å². The Balaban J connectivity index is 1.45. The Hall–Kier alpha value is -2.25. The number of likely N-dealkylation sites (tertiary alicyclic amines) is 1. The van der Waals surface area contributed by atoms with Crippen LogP contribution in [0, 0.1) is 0 Å². The summed E-state index contributed by atoms with van der Waals surface area (Å²) in [5.41, 5.74) is 1.26. The number of nitrogens with zero attached hydrogens (tertiary/aromatic N) is 1. The Labute approximate surface area is 156 Å². The van der Waals surface area contributed by atoms with Crippen molar-refractivity contribution in [2.45, 2.75) is 23.8 Å². The van der Waals surface area contributed by atoms with Crippen LogP contribution in [0.25, 0.3) is 0 Å². The summed E-state index contributed by atoms with van der Waals surface area (Å²) in [6.07, 6.45) is 4.02. The first-order valence-corrected chi connectivity index (χ1v) is 9.81. The van der Waals surface area contributed by atoms with Gasteiger partial charge in [0.25, 0.3) is 5.91 Å². The lowest BCUT2D eigenvalue weighted by Crippen LogP contribution is -2.36. The highest BCUT2D eigenvalue weighted by Crippen LogP contribution is 2.32. The van der Waals surface area contributed by atoms with Crippen LogP contribution in [0.5, 0.6) is 0 Å². The second-order valence-electron chi connectivity index (χ2n) is 6.53. The molecule has 26 heavy (non-hydrogen) atoms. The van der Waals surface area contributed by atoms with E-state index in [1.54, 1.807) is 18.4 Å². The molecule has 136 valence electrons. The molecule has 1 saturated heterocycles. The molecule has 2 aliphatic rings. The maximum Gasteiger partial charge on any atom is 0.251 e. The average molecular weight is 371 g/mol. The number of anilines is 1. The van der Waals surface area contributed by atoms with Gasteiger partial charge in [-0.1, -0.05) is 0 Å². The second kappa shape index (κ2) is 7.55. The van der Waals surface area contributed by atoms with E-state index in [1.165, 1.54) is 24.6 Å². The fraction of sp³-hybridized carbons (Fsp3) is 0.368. The summed E-state index contributed by atoms with van der Waals surface area (Å²) in [5, 5.41) is 5.85. The van der Waals surface area contributed by atoms with Gasteiger partial charge in [-0.3, -0.25) is 14.5 Å². The molecule has 2 amide bonds. The minimum Gasteiger partial charge on any atom is -0.468 e. The van der Waals surface area contributed by atoms with Gasteiger partial charge in [0.15, 0.2) is 0 Å². The highest BCUT2D eigenvalue weighted by atomic mass is 32.2. The normalized spacial score (nSPS) is 18.2. The van der Waals surface area contributed by atoms with Gasteiger partial charge in [-0.05, 0) is 56.3 Å². The molecule has 7 heteroatoms. The molecule has 1 aromatic carbocycles. The molecule has 0 aliphatic carbocycles. The molecule has 0 saturated carbocycles. The summed E-state index contributed by atoms with van der Waals surface area (Å²) < 4.78 is 5.59. The van der Waals surface area contributed by atoms with Gasteiger partial charge >= 0.3 is 0 Å². The third-order valence-corrected chi connectivity index (χ3v) is 5.86. The smallest absolute Gasteiger partial charge is 0.251 e. The lowest BCUT2D eigenvalue weighted by atomic mass is 10.1. The van der Waals surface area contributed by atoms with Crippen LogP contribution in [0.3, 0.4) is 0 Å². The van der Waals surface area contributed by atoms with Crippen molar-refractivity contribution in [1.29, 1.82) is 0 Å². The van der Waals surface area contributed by atoms with E-state index in [4.69, 9.17) is 4.42 Å². The monoisotopic (exact) mass is 371 g/mol. The van der Waals surface area contributed by atoms with E-state index in [9.17, 15) is 9.59 Å².